The van der Waals surface area contributed by atoms with Gasteiger partial charge in [0, 0.05) is 0 Å². The quantitative estimate of drug-likeness (QED) is 0.802. The molecular formula is C13H19NO5S2. The average molecular weight is 333 g/mol. The highest BCUT2D eigenvalue weighted by Crippen LogP contribution is 2.21. The Labute approximate surface area is 125 Å². The molecule has 1 aliphatic heterocycles. The smallest absolute Gasteiger partial charge is 0.215 e. The molecule has 0 spiro atoms. The molecule has 0 saturated carbocycles. The fourth-order valence-corrected chi connectivity index (χ4v) is 5.82. The van der Waals surface area contributed by atoms with Crippen molar-refractivity contribution in [2.24, 2.45) is 0 Å². The number of hydrogen-bond donors (Lipinski definition) is 2. The minimum absolute atomic E-state index is 0.102. The fourth-order valence-electron chi connectivity index (χ4n) is 2.37. The van der Waals surface area contributed by atoms with E-state index in [2.05, 4.69) is 4.72 Å². The molecule has 1 heterocycles. The first-order valence-electron chi connectivity index (χ1n) is 6.71. The van der Waals surface area contributed by atoms with Crippen molar-refractivity contribution in [1.29, 1.82) is 0 Å². The van der Waals surface area contributed by atoms with Crippen LogP contribution in [0.3, 0.4) is 0 Å². The third-order valence-corrected chi connectivity index (χ3v) is 7.31. The van der Waals surface area contributed by atoms with E-state index < -0.39 is 31.2 Å². The van der Waals surface area contributed by atoms with Gasteiger partial charge in [-0.25, -0.2) is 21.6 Å². The molecule has 1 aromatic carbocycles. The molecule has 2 rings (SSSR count). The maximum absolute atomic E-state index is 12.3. The first-order chi connectivity index (χ1) is 9.84. The first-order valence-corrected chi connectivity index (χ1v) is 10.1. The van der Waals surface area contributed by atoms with Gasteiger partial charge in [-0.2, -0.15) is 0 Å². The lowest BCUT2D eigenvalue weighted by Crippen LogP contribution is -2.42. The summed E-state index contributed by atoms with van der Waals surface area (Å²) in [5.41, 5.74) is 0.673. The second-order valence-corrected chi connectivity index (χ2v) is 9.46. The zero-order valence-corrected chi connectivity index (χ0v) is 13.1. The number of rotatable bonds is 5. The Balaban J connectivity index is 2.10. The molecule has 0 aliphatic carbocycles. The van der Waals surface area contributed by atoms with E-state index >= 15 is 0 Å². The topological polar surface area (TPSA) is 101 Å². The largest absolute Gasteiger partial charge is 0.394 e. The number of hydrogen-bond acceptors (Lipinski definition) is 5. The lowest BCUT2D eigenvalue weighted by Gasteiger charge is -2.25. The van der Waals surface area contributed by atoms with Crippen LogP contribution in [0, 0.1) is 0 Å². The van der Waals surface area contributed by atoms with Crippen LogP contribution in [-0.4, -0.2) is 45.3 Å². The van der Waals surface area contributed by atoms with Gasteiger partial charge in [0.25, 0.3) is 0 Å². The van der Waals surface area contributed by atoms with Crippen molar-refractivity contribution in [3.05, 3.63) is 35.9 Å². The van der Waals surface area contributed by atoms with Crippen LogP contribution in [0.2, 0.25) is 0 Å². The molecule has 0 radical (unpaired) electrons. The highest BCUT2D eigenvalue weighted by Gasteiger charge is 2.34. The second-order valence-electron chi connectivity index (χ2n) is 5.16. The van der Waals surface area contributed by atoms with Gasteiger partial charge < -0.3 is 5.11 Å². The molecule has 8 heteroatoms. The number of sulfonamides is 1. The molecule has 1 aromatic rings. The Morgan fingerprint density at radius 3 is 2.29 bits per heavy atom. The summed E-state index contributed by atoms with van der Waals surface area (Å²) in [5.74, 6) is -0.207. The van der Waals surface area contributed by atoms with Crippen LogP contribution >= 0.6 is 0 Å². The predicted octanol–water partition coefficient (Wildman–Crippen LogP) is 0.217. The number of nitrogens with one attached hydrogen (secondary N) is 1. The van der Waals surface area contributed by atoms with Crippen LogP contribution in [-0.2, 0) is 19.9 Å². The van der Waals surface area contributed by atoms with Gasteiger partial charge in [-0.3, -0.25) is 0 Å². The number of aliphatic hydroxyl groups excluding tert-OH is 1. The van der Waals surface area contributed by atoms with Crippen molar-refractivity contribution in [2.45, 2.75) is 24.1 Å². The summed E-state index contributed by atoms with van der Waals surface area (Å²) in [4.78, 5) is 0. The van der Waals surface area contributed by atoms with E-state index in [1.807, 2.05) is 0 Å². The SMILES string of the molecule is O=S1(=O)CCC(S(=O)(=O)NC(CO)c2ccccc2)CC1. The van der Waals surface area contributed by atoms with Gasteiger partial charge in [0.15, 0.2) is 0 Å². The molecule has 0 aromatic heterocycles. The summed E-state index contributed by atoms with van der Waals surface area (Å²) in [6, 6.07) is 8.08. The number of aliphatic hydroxyl groups is 1. The molecule has 21 heavy (non-hydrogen) atoms. The Bertz CT molecular complexity index is 656. The minimum atomic E-state index is -3.67. The van der Waals surface area contributed by atoms with Gasteiger partial charge in [0.05, 0.1) is 29.4 Å². The highest BCUT2D eigenvalue weighted by atomic mass is 32.2. The van der Waals surface area contributed by atoms with Crippen LogP contribution in [0.1, 0.15) is 24.4 Å². The molecule has 1 aliphatic rings. The molecule has 6 nitrogen and oxygen atoms in total. The van der Waals surface area contributed by atoms with Crippen molar-refractivity contribution in [2.75, 3.05) is 18.1 Å². The van der Waals surface area contributed by atoms with Gasteiger partial charge in [-0.1, -0.05) is 30.3 Å². The third-order valence-electron chi connectivity index (χ3n) is 3.63. The molecule has 1 saturated heterocycles. The van der Waals surface area contributed by atoms with Crippen LogP contribution in [0.25, 0.3) is 0 Å². The van der Waals surface area contributed by atoms with Crippen LogP contribution in [0.5, 0.6) is 0 Å². The average Bonchev–Trinajstić information content (AvgIpc) is 2.45. The maximum Gasteiger partial charge on any atom is 0.215 e. The molecule has 1 fully saturated rings. The van der Waals surface area contributed by atoms with Gasteiger partial charge in [0.2, 0.25) is 10.0 Å². The summed E-state index contributed by atoms with van der Waals surface area (Å²) in [6.07, 6.45) is 0.204. The summed E-state index contributed by atoms with van der Waals surface area (Å²) >= 11 is 0. The Hall–Kier alpha value is -0.960. The lowest BCUT2D eigenvalue weighted by molar-refractivity contribution is 0.258. The zero-order chi connectivity index (χ0) is 15.5. The highest BCUT2D eigenvalue weighted by molar-refractivity contribution is 7.92. The maximum atomic E-state index is 12.3. The molecule has 118 valence electrons. The first kappa shape index (κ1) is 16.4. The summed E-state index contributed by atoms with van der Waals surface area (Å²) in [7, 11) is -6.77. The monoisotopic (exact) mass is 333 g/mol. The summed E-state index contributed by atoms with van der Waals surface area (Å²) < 4.78 is 49.9. The van der Waals surface area contributed by atoms with Gasteiger partial charge in [-0.05, 0) is 18.4 Å². The third kappa shape index (κ3) is 4.26. The lowest BCUT2D eigenvalue weighted by atomic mass is 10.1. The Morgan fingerprint density at radius 2 is 1.76 bits per heavy atom. The molecule has 1 unspecified atom stereocenters. The number of benzene rings is 1. The van der Waals surface area contributed by atoms with Crippen molar-refractivity contribution >= 4 is 19.9 Å². The van der Waals surface area contributed by atoms with E-state index in [1.165, 1.54) is 0 Å². The number of sulfone groups is 1. The minimum Gasteiger partial charge on any atom is -0.394 e. The molecule has 0 amide bonds. The molecule has 2 N–H and O–H groups in total. The molecular weight excluding hydrogens is 314 g/mol. The van der Waals surface area contributed by atoms with Gasteiger partial charge >= 0.3 is 0 Å². The zero-order valence-electron chi connectivity index (χ0n) is 11.5. The van der Waals surface area contributed by atoms with E-state index in [0.717, 1.165) is 0 Å². The van der Waals surface area contributed by atoms with Crippen molar-refractivity contribution < 1.29 is 21.9 Å². The molecule has 1 atom stereocenters. The van der Waals surface area contributed by atoms with Crippen molar-refractivity contribution in [3.63, 3.8) is 0 Å². The summed E-state index contributed by atoms with van der Waals surface area (Å²) in [6.45, 7) is -0.353. The van der Waals surface area contributed by atoms with Crippen molar-refractivity contribution in [1.82, 2.24) is 4.72 Å². The van der Waals surface area contributed by atoms with Gasteiger partial charge in [0.1, 0.15) is 9.84 Å². The Morgan fingerprint density at radius 1 is 1.19 bits per heavy atom. The second kappa shape index (κ2) is 6.43. The van der Waals surface area contributed by atoms with E-state index in [-0.39, 0.29) is 31.0 Å². The van der Waals surface area contributed by atoms with Crippen molar-refractivity contribution in [3.8, 4) is 0 Å². The van der Waals surface area contributed by atoms with Crippen LogP contribution < -0.4 is 4.72 Å². The van der Waals surface area contributed by atoms with E-state index in [9.17, 15) is 21.9 Å². The molecule has 0 bridgehead atoms. The van der Waals surface area contributed by atoms with E-state index in [0.29, 0.717) is 5.56 Å². The predicted molar refractivity (Wildman–Crippen MR) is 80.0 cm³/mol. The fraction of sp³-hybridized carbons (Fsp3) is 0.538. The van der Waals surface area contributed by atoms with E-state index in [4.69, 9.17) is 0 Å². The van der Waals surface area contributed by atoms with Crippen LogP contribution in [0.4, 0.5) is 0 Å². The van der Waals surface area contributed by atoms with Gasteiger partial charge in [-0.15, -0.1) is 0 Å². The van der Waals surface area contributed by atoms with Crippen LogP contribution in [0.15, 0.2) is 30.3 Å². The standard InChI is InChI=1S/C13H19NO5S2/c15-10-13(11-4-2-1-3-5-11)14-21(18,19)12-6-8-20(16,17)9-7-12/h1-5,12-15H,6-10H2. The van der Waals surface area contributed by atoms with E-state index in [1.54, 1.807) is 30.3 Å². The Kier molecular flexibility index (Phi) is 5.03. The summed E-state index contributed by atoms with van der Waals surface area (Å²) in [5, 5.41) is 8.68. The normalized spacial score (nSPS) is 21.0.